The Bertz CT molecular complexity index is 478. The fourth-order valence-electron chi connectivity index (χ4n) is 2.62. The van der Waals surface area contributed by atoms with Gasteiger partial charge < -0.3 is 5.11 Å². The van der Waals surface area contributed by atoms with Gasteiger partial charge in [-0.15, -0.1) is 0 Å². The third-order valence-electron chi connectivity index (χ3n) is 3.59. The molecule has 110 valence electrons. The van der Waals surface area contributed by atoms with Crippen LogP contribution in [0, 0.1) is 17.5 Å². The molecular weight excluding hydrogens is 271 g/mol. The molecule has 0 bridgehead atoms. The lowest BCUT2D eigenvalue weighted by Crippen LogP contribution is -2.35. The van der Waals surface area contributed by atoms with E-state index in [9.17, 15) is 18.0 Å². The number of nitrogens with zero attached hydrogens (tertiary/aromatic N) is 1. The number of likely N-dealkylation sites (tertiary alicyclic amines) is 1. The summed E-state index contributed by atoms with van der Waals surface area (Å²) < 4.78 is 39.6. The second-order valence-electron chi connectivity index (χ2n) is 5.01. The van der Waals surface area contributed by atoms with Crippen molar-refractivity contribution in [3.8, 4) is 0 Å². The molecule has 6 heteroatoms. The first-order valence-electron chi connectivity index (χ1n) is 6.59. The van der Waals surface area contributed by atoms with Gasteiger partial charge in [0, 0.05) is 6.04 Å². The maximum absolute atomic E-state index is 13.3. The van der Waals surface area contributed by atoms with Crippen molar-refractivity contribution >= 4 is 5.97 Å². The van der Waals surface area contributed by atoms with Gasteiger partial charge in [0.1, 0.15) is 0 Å². The van der Waals surface area contributed by atoms with Crippen LogP contribution in [0.3, 0.4) is 0 Å². The van der Waals surface area contributed by atoms with Crippen LogP contribution in [0.4, 0.5) is 13.2 Å². The highest BCUT2D eigenvalue weighted by Gasteiger charge is 2.26. The van der Waals surface area contributed by atoms with Crippen molar-refractivity contribution in [3.05, 3.63) is 35.1 Å². The first-order valence-corrected chi connectivity index (χ1v) is 6.59. The fraction of sp³-hybridized carbons (Fsp3) is 0.500. The van der Waals surface area contributed by atoms with Gasteiger partial charge in [0.2, 0.25) is 0 Å². The summed E-state index contributed by atoms with van der Waals surface area (Å²) in [6, 6.07) is 1.15. The van der Waals surface area contributed by atoms with E-state index in [-0.39, 0.29) is 12.0 Å². The van der Waals surface area contributed by atoms with Crippen LogP contribution in [0.5, 0.6) is 0 Å². The van der Waals surface area contributed by atoms with Gasteiger partial charge in [-0.25, -0.2) is 13.2 Å². The molecule has 1 aromatic rings. The van der Waals surface area contributed by atoms with E-state index in [4.69, 9.17) is 5.11 Å². The third kappa shape index (κ3) is 3.30. The first-order chi connectivity index (χ1) is 9.49. The molecule has 0 spiro atoms. The van der Waals surface area contributed by atoms with Crippen molar-refractivity contribution in [2.75, 3.05) is 13.1 Å². The molecule has 1 saturated heterocycles. The molecule has 20 heavy (non-hydrogen) atoms. The quantitative estimate of drug-likeness (QED) is 0.865. The van der Waals surface area contributed by atoms with E-state index in [1.807, 2.05) is 4.90 Å². The van der Waals surface area contributed by atoms with E-state index in [1.165, 1.54) is 0 Å². The molecular formula is C14H16F3NO2. The van der Waals surface area contributed by atoms with Gasteiger partial charge in [0.15, 0.2) is 17.5 Å². The molecule has 1 aromatic carbocycles. The van der Waals surface area contributed by atoms with Crippen LogP contribution in [0.25, 0.3) is 0 Å². The summed E-state index contributed by atoms with van der Waals surface area (Å²) >= 11 is 0. The number of rotatable bonds is 4. The van der Waals surface area contributed by atoms with Crippen LogP contribution in [-0.4, -0.2) is 29.1 Å². The Morgan fingerprint density at radius 2 is 1.70 bits per heavy atom. The van der Waals surface area contributed by atoms with Crippen molar-refractivity contribution in [1.29, 1.82) is 0 Å². The Morgan fingerprint density at radius 3 is 2.20 bits per heavy atom. The third-order valence-corrected chi connectivity index (χ3v) is 3.59. The zero-order chi connectivity index (χ0) is 14.7. The molecule has 0 amide bonds. The zero-order valence-corrected chi connectivity index (χ0v) is 10.9. The van der Waals surface area contributed by atoms with E-state index in [1.54, 1.807) is 0 Å². The number of benzene rings is 1. The highest BCUT2D eigenvalue weighted by molar-refractivity contribution is 5.68. The van der Waals surface area contributed by atoms with Crippen LogP contribution in [-0.2, 0) is 4.79 Å². The molecule has 1 atom stereocenters. The van der Waals surface area contributed by atoms with Gasteiger partial charge in [0.05, 0.1) is 6.42 Å². The topological polar surface area (TPSA) is 40.5 Å². The number of hydrogen-bond donors (Lipinski definition) is 1. The number of carboxylic acids is 1. The largest absolute Gasteiger partial charge is 0.481 e. The molecule has 3 nitrogen and oxygen atoms in total. The lowest BCUT2D eigenvalue weighted by Gasteiger charge is -2.34. The number of piperidine rings is 1. The van der Waals surface area contributed by atoms with Crippen molar-refractivity contribution in [2.45, 2.75) is 31.7 Å². The fourth-order valence-corrected chi connectivity index (χ4v) is 2.62. The Kier molecular flexibility index (Phi) is 4.65. The van der Waals surface area contributed by atoms with Crippen LogP contribution < -0.4 is 0 Å². The van der Waals surface area contributed by atoms with E-state index in [0.29, 0.717) is 13.1 Å². The summed E-state index contributed by atoms with van der Waals surface area (Å²) in [6.45, 7) is 1.36. The number of carbonyl (C=O) groups is 1. The molecule has 2 rings (SSSR count). The summed E-state index contributed by atoms with van der Waals surface area (Å²) in [5.41, 5.74) is 0.172. The van der Waals surface area contributed by atoms with Gasteiger partial charge in [0.25, 0.3) is 0 Å². The Labute approximate surface area is 115 Å². The smallest absolute Gasteiger partial charge is 0.305 e. The Morgan fingerprint density at radius 1 is 1.15 bits per heavy atom. The van der Waals surface area contributed by atoms with Crippen molar-refractivity contribution in [1.82, 2.24) is 4.90 Å². The van der Waals surface area contributed by atoms with Crippen LogP contribution >= 0.6 is 0 Å². The molecule has 1 aliphatic heterocycles. The number of hydrogen-bond acceptors (Lipinski definition) is 2. The Balaban J connectivity index is 2.32. The van der Waals surface area contributed by atoms with Crippen molar-refractivity contribution in [2.24, 2.45) is 0 Å². The second kappa shape index (κ2) is 6.26. The number of halogens is 3. The average Bonchev–Trinajstić information content (AvgIpc) is 2.42. The van der Waals surface area contributed by atoms with E-state index < -0.39 is 29.5 Å². The highest BCUT2D eigenvalue weighted by Crippen LogP contribution is 2.29. The second-order valence-corrected chi connectivity index (χ2v) is 5.01. The van der Waals surface area contributed by atoms with Crippen LogP contribution in [0.2, 0.25) is 0 Å². The monoisotopic (exact) mass is 287 g/mol. The zero-order valence-electron chi connectivity index (χ0n) is 10.9. The maximum Gasteiger partial charge on any atom is 0.305 e. The van der Waals surface area contributed by atoms with E-state index >= 15 is 0 Å². The van der Waals surface area contributed by atoms with E-state index in [2.05, 4.69) is 0 Å². The first kappa shape index (κ1) is 14.8. The lowest BCUT2D eigenvalue weighted by atomic mass is 9.98. The van der Waals surface area contributed by atoms with Crippen molar-refractivity contribution in [3.63, 3.8) is 0 Å². The minimum absolute atomic E-state index is 0.172. The minimum atomic E-state index is -1.53. The molecule has 0 radical (unpaired) electrons. The van der Waals surface area contributed by atoms with Crippen LogP contribution in [0.1, 0.15) is 37.3 Å². The Hall–Kier alpha value is -1.56. The van der Waals surface area contributed by atoms with Gasteiger partial charge in [-0.05, 0) is 43.6 Å². The molecule has 0 saturated carbocycles. The predicted molar refractivity (Wildman–Crippen MR) is 66.7 cm³/mol. The van der Waals surface area contributed by atoms with Gasteiger partial charge in [-0.3, -0.25) is 9.69 Å². The van der Waals surface area contributed by atoms with Gasteiger partial charge >= 0.3 is 5.97 Å². The number of aliphatic carboxylic acids is 1. The summed E-state index contributed by atoms with van der Waals surface area (Å²) in [6.07, 6.45) is 2.64. The summed E-state index contributed by atoms with van der Waals surface area (Å²) in [7, 11) is 0. The summed E-state index contributed by atoms with van der Waals surface area (Å²) in [5, 5.41) is 8.98. The van der Waals surface area contributed by atoms with Gasteiger partial charge in [-0.2, -0.15) is 0 Å². The normalized spacial score (nSPS) is 17.9. The molecule has 0 aliphatic carbocycles. The molecule has 1 unspecified atom stereocenters. The average molecular weight is 287 g/mol. The molecule has 1 heterocycles. The molecule has 1 N–H and O–H groups in total. The maximum atomic E-state index is 13.3. The molecule has 1 aliphatic rings. The van der Waals surface area contributed by atoms with Gasteiger partial charge in [-0.1, -0.05) is 6.42 Å². The minimum Gasteiger partial charge on any atom is -0.481 e. The molecule has 0 aromatic heterocycles. The van der Waals surface area contributed by atoms with Crippen molar-refractivity contribution < 1.29 is 23.1 Å². The SMILES string of the molecule is O=C(O)CC(c1cc(F)c(F)c(F)c1)N1CCCCC1. The van der Waals surface area contributed by atoms with E-state index in [0.717, 1.165) is 31.4 Å². The predicted octanol–water partition coefficient (Wildman–Crippen LogP) is 3.11. The summed E-state index contributed by atoms with van der Waals surface area (Å²) in [4.78, 5) is 12.9. The van der Waals surface area contributed by atoms with Crippen LogP contribution in [0.15, 0.2) is 12.1 Å². The number of carboxylic acid groups (broad SMARTS) is 1. The summed E-state index contributed by atoms with van der Waals surface area (Å²) in [5.74, 6) is -5.15. The lowest BCUT2D eigenvalue weighted by molar-refractivity contribution is -0.138. The highest BCUT2D eigenvalue weighted by atomic mass is 19.2. The standard InChI is InChI=1S/C14H16F3NO2/c15-10-6-9(7-11(16)14(10)17)12(8-13(19)20)18-4-2-1-3-5-18/h6-7,12H,1-5,8H2,(H,19,20). The molecule has 1 fully saturated rings.